The van der Waals surface area contributed by atoms with Gasteiger partial charge in [0.25, 0.3) is 0 Å². The van der Waals surface area contributed by atoms with E-state index in [-0.39, 0.29) is 11.4 Å². The van der Waals surface area contributed by atoms with Crippen LogP contribution in [0.25, 0.3) is 0 Å². The number of nitrogens with zero attached hydrogens (tertiary/aromatic N) is 5. The van der Waals surface area contributed by atoms with Gasteiger partial charge in [-0.3, -0.25) is 4.79 Å². The lowest BCUT2D eigenvalue weighted by molar-refractivity contribution is -0.131. The zero-order chi connectivity index (χ0) is 16.5. The molecule has 2 rings (SSSR count). The highest BCUT2D eigenvalue weighted by molar-refractivity contribution is 5.79. The average Bonchev–Trinajstić information content (AvgIpc) is 2.79. The van der Waals surface area contributed by atoms with Crippen LogP contribution in [0.3, 0.4) is 0 Å². The number of amides is 1. The van der Waals surface area contributed by atoms with Crippen molar-refractivity contribution in [2.75, 3.05) is 44.0 Å². The summed E-state index contributed by atoms with van der Waals surface area (Å²) in [4.78, 5) is 26.8. The van der Waals surface area contributed by atoms with Crippen molar-refractivity contribution in [3.63, 3.8) is 0 Å². The molecule has 2 heterocycles. The van der Waals surface area contributed by atoms with Gasteiger partial charge in [0.15, 0.2) is 0 Å². The lowest BCUT2D eigenvalue weighted by Crippen LogP contribution is -2.42. The Bertz CT molecular complexity index is 538. The lowest BCUT2D eigenvalue weighted by atomic mass is 10.1. The summed E-state index contributed by atoms with van der Waals surface area (Å²) in [5.41, 5.74) is -0.0998. The minimum atomic E-state index is -0.0998. The second-order valence-electron chi connectivity index (χ2n) is 7.25. The Balaban J connectivity index is 2.03. The van der Waals surface area contributed by atoms with E-state index >= 15 is 0 Å². The molecule has 0 bridgehead atoms. The largest absolute Gasteiger partial charge is 0.363 e. The molecule has 1 atom stereocenters. The molecule has 0 saturated carbocycles. The van der Waals surface area contributed by atoms with Crippen LogP contribution >= 0.6 is 0 Å². The number of hydrogen-bond acceptors (Lipinski definition) is 5. The zero-order valence-corrected chi connectivity index (χ0v) is 14.5. The van der Waals surface area contributed by atoms with Crippen molar-refractivity contribution in [2.24, 2.45) is 5.92 Å². The van der Waals surface area contributed by atoms with E-state index in [1.807, 2.05) is 37.0 Å². The van der Waals surface area contributed by atoms with Gasteiger partial charge in [-0.2, -0.15) is 0 Å². The molecule has 1 aliphatic rings. The average molecular weight is 305 g/mol. The number of aromatic nitrogens is 2. The molecule has 22 heavy (non-hydrogen) atoms. The second kappa shape index (κ2) is 6.10. The molecule has 1 aromatic rings. The Labute approximate surface area is 133 Å². The standard InChI is InChI=1S/C16H27N5O/c1-16(2,3)21-10-12(7-15(21)22)9-20(6)14-8-13(19(4)5)17-11-18-14/h8,11-12H,7,9-10H2,1-6H3/t12-/m1/s1. The molecule has 0 aliphatic carbocycles. The molecule has 1 aromatic heterocycles. The fourth-order valence-electron chi connectivity index (χ4n) is 2.82. The Morgan fingerprint density at radius 2 is 1.86 bits per heavy atom. The molecular weight excluding hydrogens is 278 g/mol. The predicted molar refractivity (Wildman–Crippen MR) is 89.2 cm³/mol. The van der Waals surface area contributed by atoms with Crippen molar-refractivity contribution in [1.29, 1.82) is 0 Å². The first-order chi connectivity index (χ1) is 10.2. The van der Waals surface area contributed by atoms with Crippen molar-refractivity contribution >= 4 is 17.5 Å². The van der Waals surface area contributed by atoms with Crippen molar-refractivity contribution in [3.05, 3.63) is 12.4 Å². The van der Waals surface area contributed by atoms with Gasteiger partial charge >= 0.3 is 0 Å². The maximum atomic E-state index is 12.2. The van der Waals surface area contributed by atoms with Crippen LogP contribution < -0.4 is 9.80 Å². The fraction of sp³-hybridized carbons (Fsp3) is 0.688. The van der Waals surface area contributed by atoms with Crippen LogP contribution in [0.2, 0.25) is 0 Å². The molecule has 1 saturated heterocycles. The van der Waals surface area contributed by atoms with Gasteiger partial charge in [-0.25, -0.2) is 9.97 Å². The first kappa shape index (κ1) is 16.5. The number of rotatable bonds is 4. The van der Waals surface area contributed by atoms with E-state index in [0.29, 0.717) is 12.3 Å². The van der Waals surface area contributed by atoms with E-state index in [4.69, 9.17) is 0 Å². The minimum Gasteiger partial charge on any atom is -0.363 e. The molecule has 6 heteroatoms. The summed E-state index contributed by atoms with van der Waals surface area (Å²) in [5, 5.41) is 0. The Kier molecular flexibility index (Phi) is 4.58. The number of carbonyl (C=O) groups excluding carboxylic acids is 1. The smallest absolute Gasteiger partial charge is 0.223 e. The fourth-order valence-corrected chi connectivity index (χ4v) is 2.82. The maximum Gasteiger partial charge on any atom is 0.223 e. The normalized spacial score (nSPS) is 18.7. The van der Waals surface area contributed by atoms with Gasteiger partial charge in [0, 0.05) is 58.2 Å². The van der Waals surface area contributed by atoms with Crippen LogP contribution in [0, 0.1) is 5.92 Å². The van der Waals surface area contributed by atoms with Crippen LogP contribution in [-0.2, 0) is 4.79 Å². The summed E-state index contributed by atoms with van der Waals surface area (Å²) in [5.74, 6) is 2.37. The molecule has 0 radical (unpaired) electrons. The van der Waals surface area contributed by atoms with Crippen LogP contribution in [0.1, 0.15) is 27.2 Å². The third-order valence-corrected chi connectivity index (χ3v) is 4.03. The van der Waals surface area contributed by atoms with Crippen LogP contribution in [0.4, 0.5) is 11.6 Å². The first-order valence-electron chi connectivity index (χ1n) is 7.69. The number of carbonyl (C=O) groups is 1. The van der Waals surface area contributed by atoms with Gasteiger partial charge < -0.3 is 14.7 Å². The summed E-state index contributed by atoms with van der Waals surface area (Å²) in [7, 11) is 5.94. The molecule has 1 aliphatic heterocycles. The molecule has 6 nitrogen and oxygen atoms in total. The third kappa shape index (κ3) is 3.67. The van der Waals surface area contributed by atoms with Gasteiger partial charge in [0.05, 0.1) is 0 Å². The van der Waals surface area contributed by atoms with Gasteiger partial charge in [0.2, 0.25) is 5.91 Å². The van der Waals surface area contributed by atoms with Gasteiger partial charge in [-0.05, 0) is 20.8 Å². The topological polar surface area (TPSA) is 52.6 Å². The van der Waals surface area contributed by atoms with Crippen molar-refractivity contribution in [1.82, 2.24) is 14.9 Å². The monoisotopic (exact) mass is 305 g/mol. The summed E-state index contributed by atoms with van der Waals surface area (Å²) in [6.45, 7) is 7.90. The molecule has 1 fully saturated rings. The zero-order valence-electron chi connectivity index (χ0n) is 14.5. The number of likely N-dealkylation sites (tertiary alicyclic amines) is 1. The summed E-state index contributed by atoms with van der Waals surface area (Å²) in [6.07, 6.45) is 2.20. The van der Waals surface area contributed by atoms with Crippen molar-refractivity contribution in [2.45, 2.75) is 32.7 Å². The number of anilines is 2. The lowest BCUT2D eigenvalue weighted by Gasteiger charge is -2.32. The van der Waals surface area contributed by atoms with E-state index in [0.717, 1.165) is 24.7 Å². The molecule has 0 aromatic carbocycles. The van der Waals surface area contributed by atoms with E-state index < -0.39 is 0 Å². The molecule has 1 amide bonds. The van der Waals surface area contributed by atoms with Gasteiger partial charge in [-0.1, -0.05) is 0 Å². The SMILES string of the molecule is CN(C)c1cc(N(C)C[C@H]2CC(=O)N(C(C)(C)C)C2)ncn1. The highest BCUT2D eigenvalue weighted by Gasteiger charge is 2.36. The first-order valence-corrected chi connectivity index (χ1v) is 7.69. The van der Waals surface area contributed by atoms with E-state index in [1.165, 1.54) is 0 Å². The van der Waals surface area contributed by atoms with Crippen LogP contribution in [0.15, 0.2) is 12.4 Å². The Morgan fingerprint density at radius 3 is 2.41 bits per heavy atom. The summed E-state index contributed by atoms with van der Waals surface area (Å²) < 4.78 is 0. The second-order valence-corrected chi connectivity index (χ2v) is 7.25. The van der Waals surface area contributed by atoms with E-state index in [2.05, 4.69) is 35.6 Å². The Hall–Kier alpha value is -1.85. The molecular formula is C16H27N5O. The van der Waals surface area contributed by atoms with E-state index in [1.54, 1.807) is 6.33 Å². The highest BCUT2D eigenvalue weighted by atomic mass is 16.2. The quantitative estimate of drug-likeness (QED) is 0.846. The highest BCUT2D eigenvalue weighted by Crippen LogP contribution is 2.27. The van der Waals surface area contributed by atoms with Gasteiger partial charge in [0.1, 0.15) is 18.0 Å². The molecule has 0 spiro atoms. The maximum absolute atomic E-state index is 12.2. The number of hydrogen-bond donors (Lipinski definition) is 0. The van der Waals surface area contributed by atoms with Crippen LogP contribution in [-0.4, -0.2) is 60.5 Å². The summed E-state index contributed by atoms with van der Waals surface area (Å²) >= 11 is 0. The van der Waals surface area contributed by atoms with Crippen molar-refractivity contribution < 1.29 is 4.79 Å². The minimum absolute atomic E-state index is 0.0998. The molecule has 0 N–H and O–H groups in total. The van der Waals surface area contributed by atoms with Gasteiger partial charge in [-0.15, -0.1) is 0 Å². The third-order valence-electron chi connectivity index (χ3n) is 4.03. The molecule has 0 unspecified atom stereocenters. The van der Waals surface area contributed by atoms with E-state index in [9.17, 15) is 4.79 Å². The van der Waals surface area contributed by atoms with Crippen LogP contribution in [0.5, 0.6) is 0 Å². The predicted octanol–water partition coefficient (Wildman–Crippen LogP) is 1.63. The van der Waals surface area contributed by atoms with Crippen molar-refractivity contribution in [3.8, 4) is 0 Å². The summed E-state index contributed by atoms with van der Waals surface area (Å²) in [6, 6.07) is 1.97. The molecule has 122 valence electrons. The Morgan fingerprint density at radius 1 is 1.23 bits per heavy atom.